The highest BCUT2D eigenvalue weighted by Gasteiger charge is 2.34. The molecule has 2 aromatic heterocycles. The van der Waals surface area contributed by atoms with Gasteiger partial charge in [-0.25, -0.2) is 4.68 Å². The number of carbonyl (C=O) groups is 1. The predicted octanol–water partition coefficient (Wildman–Crippen LogP) is 2.63. The molecule has 3 aromatic rings. The third kappa shape index (κ3) is 4.38. The zero-order valence-corrected chi connectivity index (χ0v) is 19.4. The van der Waals surface area contributed by atoms with Crippen LogP contribution in [-0.2, 0) is 5.54 Å². The highest BCUT2D eigenvalue weighted by atomic mass is 16.3. The summed E-state index contributed by atoms with van der Waals surface area (Å²) in [6.07, 6.45) is 1.53. The molecule has 0 radical (unpaired) electrons. The molecule has 1 aliphatic heterocycles. The van der Waals surface area contributed by atoms with Crippen LogP contribution >= 0.6 is 0 Å². The van der Waals surface area contributed by atoms with Crippen LogP contribution in [0.25, 0.3) is 0 Å². The van der Waals surface area contributed by atoms with Crippen LogP contribution in [0.15, 0.2) is 47.1 Å². The second kappa shape index (κ2) is 8.74. The molecular weight excluding hydrogens is 406 g/mol. The Morgan fingerprint density at radius 1 is 1.06 bits per heavy atom. The molecule has 3 heterocycles. The maximum Gasteiger partial charge on any atom is 0.289 e. The summed E-state index contributed by atoms with van der Waals surface area (Å²) in [6.45, 7) is 8.94. The number of aromatic nitrogens is 4. The maximum absolute atomic E-state index is 12.7. The molecule has 1 saturated heterocycles. The number of anilines is 1. The van der Waals surface area contributed by atoms with Crippen molar-refractivity contribution >= 4 is 11.6 Å². The first-order chi connectivity index (χ1) is 15.3. The molecule has 1 aromatic carbocycles. The standard InChI is InChI=1S/C23H31N7O2/c1-23(2,3)30-21(24-25-26-30)20(17-8-10-18(11-9-17)27(4)5)28-12-14-29(15-13-28)22(31)19-7-6-16-32-19/h6-11,16,20H,12-15H2,1-5H3/t20-/m1/s1. The first-order valence-corrected chi connectivity index (χ1v) is 10.9. The Labute approximate surface area is 188 Å². The summed E-state index contributed by atoms with van der Waals surface area (Å²) in [7, 11) is 4.06. The lowest BCUT2D eigenvalue weighted by molar-refractivity contribution is 0.0556. The van der Waals surface area contributed by atoms with Gasteiger partial charge in [0.15, 0.2) is 11.6 Å². The van der Waals surface area contributed by atoms with Crippen molar-refractivity contribution in [1.29, 1.82) is 0 Å². The first kappa shape index (κ1) is 22.0. The normalized spacial score (nSPS) is 16.2. The molecule has 0 aliphatic carbocycles. The maximum atomic E-state index is 12.7. The molecule has 4 rings (SSSR count). The van der Waals surface area contributed by atoms with Crippen LogP contribution in [0.3, 0.4) is 0 Å². The molecule has 9 heteroatoms. The molecule has 170 valence electrons. The number of rotatable bonds is 5. The number of hydrogen-bond acceptors (Lipinski definition) is 7. The van der Waals surface area contributed by atoms with E-state index in [1.165, 1.54) is 6.26 Å². The lowest BCUT2D eigenvalue weighted by atomic mass is 10.0. The first-order valence-electron chi connectivity index (χ1n) is 10.9. The third-order valence-corrected chi connectivity index (χ3v) is 5.80. The van der Waals surface area contributed by atoms with E-state index in [0.717, 1.165) is 17.1 Å². The Balaban J connectivity index is 1.62. The minimum atomic E-state index is -0.252. The van der Waals surface area contributed by atoms with Crippen LogP contribution in [-0.4, -0.2) is 76.2 Å². The average Bonchev–Trinajstić information content (AvgIpc) is 3.47. The van der Waals surface area contributed by atoms with Gasteiger partial charge in [-0.05, 0) is 61.0 Å². The van der Waals surface area contributed by atoms with E-state index in [-0.39, 0.29) is 17.5 Å². The fourth-order valence-corrected chi connectivity index (χ4v) is 4.06. The van der Waals surface area contributed by atoms with E-state index < -0.39 is 0 Å². The number of hydrogen-bond donors (Lipinski definition) is 0. The summed E-state index contributed by atoms with van der Waals surface area (Å²) in [4.78, 5) is 19.0. The Morgan fingerprint density at radius 2 is 1.75 bits per heavy atom. The Kier molecular flexibility index (Phi) is 6.01. The predicted molar refractivity (Wildman–Crippen MR) is 122 cm³/mol. The third-order valence-electron chi connectivity index (χ3n) is 5.80. The highest BCUT2D eigenvalue weighted by Crippen LogP contribution is 2.31. The molecule has 0 saturated carbocycles. The van der Waals surface area contributed by atoms with E-state index in [2.05, 4.69) is 70.4 Å². The molecule has 1 atom stereocenters. The molecule has 1 fully saturated rings. The quantitative estimate of drug-likeness (QED) is 0.607. The van der Waals surface area contributed by atoms with Gasteiger partial charge in [-0.3, -0.25) is 9.69 Å². The number of carbonyl (C=O) groups excluding carboxylic acids is 1. The molecule has 0 N–H and O–H groups in total. The van der Waals surface area contributed by atoms with E-state index in [1.807, 2.05) is 23.7 Å². The Bertz CT molecular complexity index is 1030. The molecule has 32 heavy (non-hydrogen) atoms. The van der Waals surface area contributed by atoms with E-state index in [9.17, 15) is 4.79 Å². The zero-order valence-electron chi connectivity index (χ0n) is 19.4. The monoisotopic (exact) mass is 437 g/mol. The SMILES string of the molecule is CN(C)c1ccc([C@H](c2nnnn2C(C)(C)C)N2CCN(C(=O)c3ccco3)CC2)cc1. The lowest BCUT2D eigenvalue weighted by Crippen LogP contribution is -2.50. The van der Waals surface area contributed by atoms with Crippen molar-refractivity contribution in [2.75, 3.05) is 45.2 Å². The topological polar surface area (TPSA) is 83.5 Å². The van der Waals surface area contributed by atoms with E-state index in [1.54, 1.807) is 12.1 Å². The largest absolute Gasteiger partial charge is 0.459 e. The molecule has 0 unspecified atom stereocenters. The number of piperazine rings is 1. The fraction of sp³-hybridized carbons (Fsp3) is 0.478. The minimum absolute atomic E-state index is 0.0685. The van der Waals surface area contributed by atoms with Crippen molar-refractivity contribution in [2.24, 2.45) is 0 Å². The summed E-state index contributed by atoms with van der Waals surface area (Å²) in [5, 5.41) is 12.7. The fourth-order valence-electron chi connectivity index (χ4n) is 4.06. The Hall–Kier alpha value is -3.20. The molecular formula is C23H31N7O2. The second-order valence-electron chi connectivity index (χ2n) is 9.31. The van der Waals surface area contributed by atoms with Crippen molar-refractivity contribution in [3.8, 4) is 0 Å². The number of nitrogens with zero attached hydrogens (tertiary/aromatic N) is 7. The summed E-state index contributed by atoms with van der Waals surface area (Å²) < 4.78 is 7.20. The van der Waals surface area contributed by atoms with Crippen molar-refractivity contribution in [3.05, 3.63) is 59.8 Å². The van der Waals surface area contributed by atoms with Gasteiger partial charge in [0.1, 0.15) is 0 Å². The molecule has 0 bridgehead atoms. The van der Waals surface area contributed by atoms with E-state index >= 15 is 0 Å². The summed E-state index contributed by atoms with van der Waals surface area (Å²) >= 11 is 0. The van der Waals surface area contributed by atoms with Crippen LogP contribution in [0, 0.1) is 0 Å². The summed E-state index contributed by atoms with van der Waals surface area (Å²) in [6, 6.07) is 11.9. The number of benzene rings is 1. The summed E-state index contributed by atoms with van der Waals surface area (Å²) in [5.41, 5.74) is 2.01. The lowest BCUT2D eigenvalue weighted by Gasteiger charge is -2.39. The van der Waals surface area contributed by atoms with Crippen molar-refractivity contribution in [2.45, 2.75) is 32.4 Å². The van der Waals surface area contributed by atoms with Gasteiger partial charge in [-0.1, -0.05) is 12.1 Å². The van der Waals surface area contributed by atoms with Gasteiger partial charge >= 0.3 is 0 Å². The number of furan rings is 1. The van der Waals surface area contributed by atoms with Crippen molar-refractivity contribution in [1.82, 2.24) is 30.0 Å². The van der Waals surface area contributed by atoms with Crippen molar-refractivity contribution in [3.63, 3.8) is 0 Å². The zero-order chi connectivity index (χ0) is 22.9. The van der Waals surface area contributed by atoms with E-state index in [4.69, 9.17) is 4.42 Å². The van der Waals surface area contributed by atoms with Crippen molar-refractivity contribution < 1.29 is 9.21 Å². The average molecular weight is 438 g/mol. The van der Waals surface area contributed by atoms with Crippen LogP contribution in [0.1, 0.15) is 48.8 Å². The number of amides is 1. The number of tetrazole rings is 1. The van der Waals surface area contributed by atoms with Gasteiger partial charge in [0.05, 0.1) is 17.8 Å². The van der Waals surface area contributed by atoms with Crippen LogP contribution < -0.4 is 4.90 Å². The van der Waals surface area contributed by atoms with Gasteiger partial charge in [-0.2, -0.15) is 0 Å². The van der Waals surface area contributed by atoms with Gasteiger partial charge in [0, 0.05) is 46.0 Å². The summed E-state index contributed by atoms with van der Waals surface area (Å²) in [5.74, 6) is 1.12. The smallest absolute Gasteiger partial charge is 0.289 e. The van der Waals surface area contributed by atoms with Gasteiger partial charge < -0.3 is 14.2 Å². The van der Waals surface area contributed by atoms with Crippen LogP contribution in [0.4, 0.5) is 5.69 Å². The highest BCUT2D eigenvalue weighted by molar-refractivity contribution is 5.91. The van der Waals surface area contributed by atoms with Gasteiger partial charge in [0.2, 0.25) is 0 Å². The minimum Gasteiger partial charge on any atom is -0.459 e. The Morgan fingerprint density at radius 3 is 2.31 bits per heavy atom. The molecule has 9 nitrogen and oxygen atoms in total. The second-order valence-corrected chi connectivity index (χ2v) is 9.31. The molecule has 1 amide bonds. The van der Waals surface area contributed by atoms with E-state index in [0.29, 0.717) is 31.9 Å². The van der Waals surface area contributed by atoms with Gasteiger partial charge in [-0.15, -0.1) is 5.10 Å². The molecule has 0 spiro atoms. The van der Waals surface area contributed by atoms with Crippen LogP contribution in [0.2, 0.25) is 0 Å². The van der Waals surface area contributed by atoms with Gasteiger partial charge in [0.25, 0.3) is 5.91 Å². The molecule has 1 aliphatic rings. The van der Waals surface area contributed by atoms with Crippen LogP contribution in [0.5, 0.6) is 0 Å².